The van der Waals surface area contributed by atoms with Crippen LogP contribution in [-0.4, -0.2) is 22.8 Å². The van der Waals surface area contributed by atoms with E-state index in [0.29, 0.717) is 18.6 Å². The fourth-order valence-electron chi connectivity index (χ4n) is 2.00. The monoisotopic (exact) mass is 347 g/mol. The van der Waals surface area contributed by atoms with Gasteiger partial charge in [-0.3, -0.25) is 19.7 Å². The van der Waals surface area contributed by atoms with Gasteiger partial charge in [0.2, 0.25) is 5.91 Å². The molecule has 0 spiro atoms. The summed E-state index contributed by atoms with van der Waals surface area (Å²) in [5.41, 5.74) is 2.35. The Balaban J connectivity index is 3.23. The molecule has 0 aromatic heterocycles. The number of hydrogen-bond acceptors (Lipinski definition) is 4. The molecule has 1 rings (SSSR count). The smallest absolute Gasteiger partial charge is 0.368 e. The van der Waals surface area contributed by atoms with E-state index in [1.807, 2.05) is 0 Å². The van der Waals surface area contributed by atoms with Gasteiger partial charge in [0.15, 0.2) is 0 Å². The minimum absolute atomic E-state index is 0.275. The second kappa shape index (κ2) is 7.28. The normalized spacial score (nSPS) is 13.9. The van der Waals surface area contributed by atoms with E-state index in [2.05, 4.69) is 5.32 Å². The van der Waals surface area contributed by atoms with Gasteiger partial charge in [0.05, 0.1) is 10.5 Å². The van der Waals surface area contributed by atoms with E-state index in [1.54, 1.807) is 13.8 Å². The van der Waals surface area contributed by atoms with Gasteiger partial charge >= 0.3 is 6.18 Å². The number of nitro benzene ring substituents is 1. The fraction of sp³-hybridized carbons (Fsp3) is 0.429. The van der Waals surface area contributed by atoms with Gasteiger partial charge in [-0.2, -0.15) is 13.2 Å². The molecular formula is C14H16F3N3O4. The van der Waals surface area contributed by atoms with E-state index >= 15 is 0 Å². The van der Waals surface area contributed by atoms with Crippen LogP contribution in [0.15, 0.2) is 18.2 Å². The summed E-state index contributed by atoms with van der Waals surface area (Å²) in [6, 6.07) is 0.441. The third-order valence-corrected chi connectivity index (χ3v) is 3.57. The van der Waals surface area contributed by atoms with Gasteiger partial charge in [-0.05, 0) is 18.1 Å². The predicted molar refractivity (Wildman–Crippen MR) is 78.0 cm³/mol. The number of nitrogens with zero attached hydrogens (tertiary/aromatic N) is 1. The van der Waals surface area contributed by atoms with Crippen LogP contribution in [0, 0.1) is 16.0 Å². The molecule has 0 bridgehead atoms. The molecule has 0 radical (unpaired) electrons. The maximum absolute atomic E-state index is 12.6. The molecular weight excluding hydrogens is 331 g/mol. The number of halogens is 3. The van der Waals surface area contributed by atoms with Crippen molar-refractivity contribution in [2.75, 3.05) is 0 Å². The zero-order chi connectivity index (χ0) is 18.7. The summed E-state index contributed by atoms with van der Waals surface area (Å²) in [6.45, 7) is 3.38. The molecule has 1 aromatic rings. The van der Waals surface area contributed by atoms with Crippen LogP contribution in [0.25, 0.3) is 0 Å². The SMILES string of the molecule is CC[C@@H](C)[C@@H](NC(=O)c1ccc(C(F)(F)F)cc1[N+](=O)[O-])C(N)=O. The highest BCUT2D eigenvalue weighted by Crippen LogP contribution is 2.33. The Morgan fingerprint density at radius 1 is 1.38 bits per heavy atom. The molecule has 0 saturated carbocycles. The van der Waals surface area contributed by atoms with Gasteiger partial charge in [0.1, 0.15) is 11.6 Å². The standard InChI is InChI=1S/C14H16F3N3O4/c1-3-7(2)11(12(18)21)19-13(22)9-5-4-8(14(15,16)17)6-10(9)20(23)24/h4-7,11H,3H2,1-2H3,(H2,18,21)(H,19,22)/t7-,11-/m1/s1. The summed E-state index contributed by atoms with van der Waals surface area (Å²) in [5, 5.41) is 13.2. The highest BCUT2D eigenvalue weighted by atomic mass is 19.4. The molecule has 0 aliphatic heterocycles. The van der Waals surface area contributed by atoms with Crippen LogP contribution >= 0.6 is 0 Å². The number of nitrogens with one attached hydrogen (secondary N) is 1. The summed E-state index contributed by atoms with van der Waals surface area (Å²) in [4.78, 5) is 33.4. The van der Waals surface area contributed by atoms with Crippen LogP contribution in [0.3, 0.4) is 0 Å². The van der Waals surface area contributed by atoms with Crippen LogP contribution in [0.4, 0.5) is 18.9 Å². The first-order valence-electron chi connectivity index (χ1n) is 6.94. The van der Waals surface area contributed by atoms with Gasteiger partial charge in [0, 0.05) is 6.07 Å². The van der Waals surface area contributed by atoms with Crippen LogP contribution in [0.2, 0.25) is 0 Å². The first kappa shape index (κ1) is 19.4. The van der Waals surface area contributed by atoms with Crippen molar-refractivity contribution >= 4 is 17.5 Å². The van der Waals surface area contributed by atoms with Crippen molar-refractivity contribution in [3.8, 4) is 0 Å². The van der Waals surface area contributed by atoms with Crippen molar-refractivity contribution < 1.29 is 27.7 Å². The lowest BCUT2D eigenvalue weighted by atomic mass is 9.98. The topological polar surface area (TPSA) is 115 Å². The average molecular weight is 347 g/mol. The molecule has 2 atom stereocenters. The van der Waals surface area contributed by atoms with Crippen LogP contribution < -0.4 is 11.1 Å². The van der Waals surface area contributed by atoms with Gasteiger partial charge < -0.3 is 11.1 Å². The molecule has 24 heavy (non-hydrogen) atoms. The Labute approximate surface area is 135 Å². The molecule has 0 aliphatic carbocycles. The Morgan fingerprint density at radius 2 is 1.96 bits per heavy atom. The molecule has 1 aromatic carbocycles. The second-order valence-corrected chi connectivity index (χ2v) is 5.23. The molecule has 0 unspecified atom stereocenters. The number of rotatable bonds is 6. The van der Waals surface area contributed by atoms with Crippen LogP contribution in [0.1, 0.15) is 36.2 Å². The summed E-state index contributed by atoms with van der Waals surface area (Å²) >= 11 is 0. The quantitative estimate of drug-likeness (QED) is 0.606. The lowest BCUT2D eigenvalue weighted by Crippen LogP contribution is -2.48. The zero-order valence-electron chi connectivity index (χ0n) is 12.9. The predicted octanol–water partition coefficient (Wildman–Crippen LogP) is 2.24. The molecule has 2 amide bonds. The average Bonchev–Trinajstić information content (AvgIpc) is 2.49. The first-order valence-corrected chi connectivity index (χ1v) is 6.94. The van der Waals surface area contributed by atoms with Gasteiger partial charge in [-0.25, -0.2) is 0 Å². The molecule has 0 fully saturated rings. The van der Waals surface area contributed by atoms with Crippen LogP contribution in [-0.2, 0) is 11.0 Å². The Hall–Kier alpha value is -2.65. The maximum atomic E-state index is 12.6. The Morgan fingerprint density at radius 3 is 2.38 bits per heavy atom. The molecule has 0 saturated heterocycles. The van der Waals surface area contributed by atoms with E-state index in [0.717, 1.165) is 0 Å². The summed E-state index contributed by atoms with van der Waals surface area (Å²) in [7, 11) is 0. The summed E-state index contributed by atoms with van der Waals surface area (Å²) < 4.78 is 37.9. The number of nitrogens with two attached hydrogens (primary N) is 1. The van der Waals surface area contributed by atoms with E-state index in [4.69, 9.17) is 5.73 Å². The molecule has 3 N–H and O–H groups in total. The largest absolute Gasteiger partial charge is 0.416 e. The lowest BCUT2D eigenvalue weighted by molar-refractivity contribution is -0.385. The van der Waals surface area contributed by atoms with Gasteiger partial charge in [-0.15, -0.1) is 0 Å². The Bertz CT molecular complexity index is 661. The number of primary amides is 1. The molecule has 10 heteroatoms. The minimum atomic E-state index is -4.79. The third kappa shape index (κ3) is 4.43. The molecule has 0 aliphatic rings. The van der Waals surface area contributed by atoms with Crippen LogP contribution in [0.5, 0.6) is 0 Å². The number of benzene rings is 1. The van der Waals surface area contributed by atoms with Crippen molar-refractivity contribution in [2.24, 2.45) is 11.7 Å². The van der Waals surface area contributed by atoms with Crippen molar-refractivity contribution in [3.63, 3.8) is 0 Å². The number of alkyl halides is 3. The lowest BCUT2D eigenvalue weighted by Gasteiger charge is -2.21. The van der Waals surface area contributed by atoms with Gasteiger partial charge in [0.25, 0.3) is 11.6 Å². The first-order chi connectivity index (χ1) is 11.0. The highest BCUT2D eigenvalue weighted by Gasteiger charge is 2.34. The van der Waals surface area contributed by atoms with Crippen molar-refractivity contribution in [1.29, 1.82) is 0 Å². The third-order valence-electron chi connectivity index (χ3n) is 3.57. The number of nitro groups is 1. The number of hydrogen-bond donors (Lipinski definition) is 2. The molecule has 0 heterocycles. The van der Waals surface area contributed by atoms with Crippen molar-refractivity contribution in [1.82, 2.24) is 5.32 Å². The highest BCUT2D eigenvalue weighted by molar-refractivity contribution is 6.00. The summed E-state index contributed by atoms with van der Waals surface area (Å²) in [5.74, 6) is -2.23. The van der Waals surface area contributed by atoms with Crippen molar-refractivity contribution in [3.05, 3.63) is 39.4 Å². The van der Waals surface area contributed by atoms with Crippen molar-refractivity contribution in [2.45, 2.75) is 32.5 Å². The maximum Gasteiger partial charge on any atom is 0.416 e. The number of carbonyl (C=O) groups excluding carboxylic acids is 2. The fourth-order valence-corrected chi connectivity index (χ4v) is 2.00. The van der Waals surface area contributed by atoms with E-state index in [9.17, 15) is 32.9 Å². The Kier molecular flexibility index (Phi) is 5.88. The molecule has 132 valence electrons. The minimum Gasteiger partial charge on any atom is -0.368 e. The number of amides is 2. The van der Waals surface area contributed by atoms with E-state index in [1.165, 1.54) is 0 Å². The van der Waals surface area contributed by atoms with E-state index in [-0.39, 0.29) is 12.0 Å². The van der Waals surface area contributed by atoms with Gasteiger partial charge in [-0.1, -0.05) is 20.3 Å². The number of carbonyl (C=O) groups is 2. The van der Waals surface area contributed by atoms with E-state index < -0.39 is 45.8 Å². The molecule has 7 nitrogen and oxygen atoms in total. The zero-order valence-corrected chi connectivity index (χ0v) is 12.9. The summed E-state index contributed by atoms with van der Waals surface area (Å²) in [6.07, 6.45) is -4.30. The second-order valence-electron chi connectivity index (χ2n) is 5.23.